The average Bonchev–Trinajstić information content (AvgIpc) is 3.43. The van der Waals surface area contributed by atoms with Crippen molar-refractivity contribution in [2.75, 3.05) is 0 Å². The molecule has 0 atom stereocenters. The first-order valence-corrected chi connectivity index (χ1v) is 10.9. The minimum absolute atomic E-state index is 0.0113. The highest BCUT2D eigenvalue weighted by molar-refractivity contribution is 5.69. The van der Waals surface area contributed by atoms with Crippen LogP contribution in [0, 0.1) is 10.1 Å². The van der Waals surface area contributed by atoms with Crippen LogP contribution in [-0.4, -0.2) is 25.0 Å². The molecule has 2 heterocycles. The number of benzene rings is 3. The van der Waals surface area contributed by atoms with Crippen LogP contribution < -0.4 is 9.47 Å². The molecule has 5 rings (SSSR count). The molecule has 3 aromatic carbocycles. The van der Waals surface area contributed by atoms with Crippen LogP contribution in [0.1, 0.15) is 11.1 Å². The number of ether oxygens (including phenoxy) is 2. The van der Waals surface area contributed by atoms with Gasteiger partial charge in [0.2, 0.25) is 11.6 Å². The Kier molecular flexibility index (Phi) is 6.57. The Morgan fingerprint density at radius 2 is 1.58 bits per heavy atom. The molecule has 0 radical (unpaired) electrons. The summed E-state index contributed by atoms with van der Waals surface area (Å²) >= 11 is 0. The summed E-state index contributed by atoms with van der Waals surface area (Å²) < 4.78 is 17.3. The summed E-state index contributed by atoms with van der Waals surface area (Å²) in [6.45, 7) is 0.304. The van der Waals surface area contributed by atoms with E-state index in [4.69, 9.17) is 14.0 Å². The van der Waals surface area contributed by atoms with Gasteiger partial charge in [0.15, 0.2) is 5.75 Å². The fourth-order valence-electron chi connectivity index (χ4n) is 3.42. The molecule has 0 bridgehead atoms. The first kappa shape index (κ1) is 22.7. The second-order valence-electron chi connectivity index (χ2n) is 7.64. The molecular weight excluding hydrogens is 462 g/mol. The van der Waals surface area contributed by atoms with E-state index in [2.05, 4.69) is 20.1 Å². The molecule has 0 aliphatic heterocycles. The van der Waals surface area contributed by atoms with Crippen molar-refractivity contribution in [3.05, 3.63) is 113 Å². The maximum Gasteiger partial charge on any atom is 0.315 e. The Labute approximate surface area is 205 Å². The Bertz CT molecular complexity index is 1460. The minimum Gasteiger partial charge on any atom is -0.485 e. The van der Waals surface area contributed by atoms with Crippen molar-refractivity contribution < 1.29 is 18.9 Å². The topological polar surface area (TPSA) is 126 Å². The number of nitro benzene ring substituents is 1. The molecule has 0 amide bonds. The van der Waals surface area contributed by atoms with E-state index >= 15 is 0 Å². The minimum atomic E-state index is -0.529. The van der Waals surface area contributed by atoms with Crippen molar-refractivity contribution in [2.45, 2.75) is 13.2 Å². The number of nitrogens with zero attached hydrogens (tertiary/aromatic N) is 5. The predicted molar refractivity (Wildman–Crippen MR) is 129 cm³/mol. The summed E-state index contributed by atoms with van der Waals surface area (Å²) in [7, 11) is 0. The first-order valence-electron chi connectivity index (χ1n) is 10.9. The van der Waals surface area contributed by atoms with Crippen LogP contribution >= 0.6 is 0 Å². The second-order valence-corrected chi connectivity index (χ2v) is 7.64. The fraction of sp³-hybridized carbons (Fsp3) is 0.0769. The molecule has 0 spiro atoms. The standard InChI is InChI=1S/C26H19N5O5/c32-31(33)22-13-20(26-29-25(30-36-26)21-15-27-11-12-28-21)14-23(34-16-18-7-3-1-4-8-18)24(22)35-17-19-9-5-2-6-10-19/h1-15H,16-17H2. The number of nitro groups is 1. The normalized spacial score (nSPS) is 10.7. The van der Waals surface area contributed by atoms with Crippen molar-refractivity contribution in [1.29, 1.82) is 0 Å². The van der Waals surface area contributed by atoms with Gasteiger partial charge in [-0.1, -0.05) is 65.8 Å². The van der Waals surface area contributed by atoms with Crippen molar-refractivity contribution in [3.63, 3.8) is 0 Å². The second kappa shape index (κ2) is 10.4. The fourth-order valence-corrected chi connectivity index (χ4v) is 3.42. The van der Waals surface area contributed by atoms with Gasteiger partial charge in [0.1, 0.15) is 18.9 Å². The average molecular weight is 481 g/mol. The van der Waals surface area contributed by atoms with Crippen molar-refractivity contribution >= 4 is 5.69 Å². The third kappa shape index (κ3) is 5.17. The quantitative estimate of drug-likeness (QED) is 0.205. The van der Waals surface area contributed by atoms with Gasteiger partial charge in [0, 0.05) is 18.5 Å². The third-order valence-electron chi connectivity index (χ3n) is 5.16. The molecule has 0 saturated heterocycles. The van der Waals surface area contributed by atoms with Crippen LogP contribution in [0.15, 0.2) is 95.9 Å². The van der Waals surface area contributed by atoms with E-state index in [1.54, 1.807) is 6.07 Å². The van der Waals surface area contributed by atoms with Crippen molar-refractivity contribution in [2.24, 2.45) is 0 Å². The van der Waals surface area contributed by atoms with Gasteiger partial charge in [-0.25, -0.2) is 4.98 Å². The smallest absolute Gasteiger partial charge is 0.315 e. The van der Waals surface area contributed by atoms with Crippen molar-refractivity contribution in [1.82, 2.24) is 20.1 Å². The SMILES string of the molecule is O=[N+]([O-])c1cc(-c2nc(-c3cnccn3)no2)cc(OCc2ccccc2)c1OCc1ccccc1. The Balaban J connectivity index is 1.53. The van der Waals surface area contributed by atoms with Gasteiger partial charge >= 0.3 is 5.69 Å². The lowest BCUT2D eigenvalue weighted by atomic mass is 10.1. The molecule has 0 fully saturated rings. The van der Waals surface area contributed by atoms with Gasteiger partial charge in [-0.3, -0.25) is 15.1 Å². The van der Waals surface area contributed by atoms with Gasteiger partial charge in [0.05, 0.1) is 16.7 Å². The summed E-state index contributed by atoms with van der Waals surface area (Å²) in [5.74, 6) is 0.463. The van der Waals surface area contributed by atoms with Crippen LogP contribution in [0.3, 0.4) is 0 Å². The monoisotopic (exact) mass is 481 g/mol. The largest absolute Gasteiger partial charge is 0.485 e. The highest BCUT2D eigenvalue weighted by Crippen LogP contribution is 2.42. The molecule has 5 aromatic rings. The van der Waals surface area contributed by atoms with Crippen LogP contribution in [0.25, 0.3) is 23.0 Å². The summed E-state index contributed by atoms with van der Waals surface area (Å²) in [5.41, 5.74) is 2.17. The number of aromatic nitrogens is 4. The van der Waals surface area contributed by atoms with Gasteiger partial charge < -0.3 is 14.0 Å². The predicted octanol–water partition coefficient (Wildman–Crippen LogP) is 5.26. The number of hydrogen-bond acceptors (Lipinski definition) is 9. The molecule has 10 heteroatoms. The third-order valence-corrected chi connectivity index (χ3v) is 5.16. The maximum absolute atomic E-state index is 12.1. The van der Waals surface area contributed by atoms with E-state index in [0.717, 1.165) is 11.1 Å². The summed E-state index contributed by atoms with van der Waals surface area (Å²) in [6.07, 6.45) is 4.52. The van der Waals surface area contributed by atoms with E-state index in [1.807, 2.05) is 60.7 Å². The molecular formula is C26H19N5O5. The Hall–Kier alpha value is -5.12. The van der Waals surface area contributed by atoms with Gasteiger partial charge in [-0.2, -0.15) is 4.98 Å². The van der Waals surface area contributed by atoms with E-state index < -0.39 is 4.92 Å². The van der Waals surface area contributed by atoms with E-state index in [9.17, 15) is 10.1 Å². The molecule has 10 nitrogen and oxygen atoms in total. The first-order chi connectivity index (χ1) is 17.7. The lowest BCUT2D eigenvalue weighted by molar-refractivity contribution is -0.386. The zero-order valence-corrected chi connectivity index (χ0v) is 18.9. The number of rotatable bonds is 9. The van der Waals surface area contributed by atoms with Crippen LogP contribution in [0.4, 0.5) is 5.69 Å². The van der Waals surface area contributed by atoms with Crippen LogP contribution in [0.5, 0.6) is 11.5 Å². The summed E-state index contributed by atoms with van der Waals surface area (Å²) in [5, 5.41) is 16.0. The Morgan fingerprint density at radius 1 is 0.889 bits per heavy atom. The molecule has 0 aliphatic carbocycles. The lowest BCUT2D eigenvalue weighted by Gasteiger charge is -2.14. The van der Waals surface area contributed by atoms with Gasteiger partial charge in [-0.15, -0.1) is 0 Å². The lowest BCUT2D eigenvalue weighted by Crippen LogP contribution is -2.04. The Morgan fingerprint density at radius 3 is 2.22 bits per heavy atom. The molecule has 2 aromatic heterocycles. The zero-order chi connectivity index (χ0) is 24.7. The van der Waals surface area contributed by atoms with E-state index in [-0.39, 0.29) is 42.1 Å². The molecule has 36 heavy (non-hydrogen) atoms. The molecule has 0 N–H and O–H groups in total. The molecule has 178 valence electrons. The van der Waals surface area contributed by atoms with Crippen LogP contribution in [-0.2, 0) is 13.2 Å². The highest BCUT2D eigenvalue weighted by atomic mass is 16.6. The number of hydrogen-bond donors (Lipinski definition) is 0. The highest BCUT2D eigenvalue weighted by Gasteiger charge is 2.26. The van der Waals surface area contributed by atoms with Crippen molar-refractivity contribution in [3.8, 4) is 34.5 Å². The summed E-state index contributed by atoms with van der Waals surface area (Å²) in [6, 6.07) is 21.7. The maximum atomic E-state index is 12.1. The summed E-state index contributed by atoms with van der Waals surface area (Å²) in [4.78, 5) is 24.0. The van der Waals surface area contributed by atoms with E-state index in [1.165, 1.54) is 24.7 Å². The van der Waals surface area contributed by atoms with E-state index in [0.29, 0.717) is 11.3 Å². The zero-order valence-electron chi connectivity index (χ0n) is 18.9. The van der Waals surface area contributed by atoms with Crippen LogP contribution in [0.2, 0.25) is 0 Å². The molecule has 0 aliphatic rings. The molecule has 0 unspecified atom stereocenters. The van der Waals surface area contributed by atoms with Gasteiger partial charge in [-0.05, 0) is 17.2 Å². The molecule has 0 saturated carbocycles. The van der Waals surface area contributed by atoms with Gasteiger partial charge in [0.25, 0.3) is 5.89 Å².